The van der Waals surface area contributed by atoms with Gasteiger partial charge in [0.05, 0.1) is 10.6 Å². The number of hydrogen-bond acceptors (Lipinski definition) is 5. The minimum atomic E-state index is -0.0237. The third kappa shape index (κ3) is 3.40. The summed E-state index contributed by atoms with van der Waals surface area (Å²) in [5, 5.41) is 7.97. The number of thiophene rings is 2. The Bertz CT molecular complexity index is 714. The van der Waals surface area contributed by atoms with Crippen molar-refractivity contribution < 1.29 is 4.79 Å². The first-order chi connectivity index (χ1) is 10.2. The van der Waals surface area contributed by atoms with E-state index in [1.54, 1.807) is 22.7 Å². The summed E-state index contributed by atoms with van der Waals surface area (Å²) in [4.78, 5) is 19.9. The maximum absolute atomic E-state index is 12.2. The largest absolute Gasteiger partial charge is 0.351 e. The molecule has 0 radical (unpaired) electrons. The van der Waals surface area contributed by atoms with E-state index in [4.69, 9.17) is 0 Å². The highest BCUT2D eigenvalue weighted by molar-refractivity contribution is 7.22. The van der Waals surface area contributed by atoms with E-state index in [-0.39, 0.29) is 5.91 Å². The first-order valence-electron chi connectivity index (χ1n) is 6.56. The van der Waals surface area contributed by atoms with Crippen molar-refractivity contribution in [1.29, 1.82) is 0 Å². The first kappa shape index (κ1) is 14.4. The van der Waals surface area contributed by atoms with Gasteiger partial charge in [0.2, 0.25) is 0 Å². The van der Waals surface area contributed by atoms with E-state index in [2.05, 4.69) is 21.7 Å². The highest BCUT2D eigenvalue weighted by Crippen LogP contribution is 2.30. The minimum Gasteiger partial charge on any atom is -0.351 e. The van der Waals surface area contributed by atoms with Crippen LogP contribution in [-0.4, -0.2) is 17.4 Å². The molecule has 1 N–H and O–H groups in total. The van der Waals surface area contributed by atoms with Crippen LogP contribution in [0.15, 0.2) is 35.0 Å². The Morgan fingerprint density at radius 3 is 2.76 bits per heavy atom. The molecule has 0 fully saturated rings. The van der Waals surface area contributed by atoms with Crippen molar-refractivity contribution in [2.45, 2.75) is 13.3 Å². The van der Waals surface area contributed by atoms with E-state index >= 15 is 0 Å². The van der Waals surface area contributed by atoms with E-state index < -0.39 is 0 Å². The molecule has 0 unspecified atom stereocenters. The van der Waals surface area contributed by atoms with E-state index in [0.29, 0.717) is 11.4 Å². The van der Waals surface area contributed by atoms with Gasteiger partial charge < -0.3 is 5.32 Å². The minimum absolute atomic E-state index is 0.0237. The van der Waals surface area contributed by atoms with Crippen molar-refractivity contribution in [1.82, 2.24) is 10.3 Å². The number of thiazole rings is 1. The summed E-state index contributed by atoms with van der Waals surface area (Å²) in [6, 6.07) is 8.14. The fraction of sp³-hybridized carbons (Fsp3) is 0.200. The average Bonchev–Trinajstić information content (AvgIpc) is 3.19. The van der Waals surface area contributed by atoms with Gasteiger partial charge in [-0.2, -0.15) is 0 Å². The molecule has 3 aromatic rings. The van der Waals surface area contributed by atoms with Crippen LogP contribution in [0.3, 0.4) is 0 Å². The molecule has 0 aliphatic carbocycles. The molecule has 1 amide bonds. The Kier molecular flexibility index (Phi) is 4.48. The molecule has 3 aromatic heterocycles. The van der Waals surface area contributed by atoms with Gasteiger partial charge in [0, 0.05) is 11.4 Å². The summed E-state index contributed by atoms with van der Waals surface area (Å²) in [6.45, 7) is 2.55. The fourth-order valence-electron chi connectivity index (χ4n) is 1.95. The SMILES string of the molecule is Cc1nc(-c2cccs2)sc1C(=O)NCCc1cccs1. The average molecular weight is 334 g/mol. The van der Waals surface area contributed by atoms with E-state index in [0.717, 1.165) is 22.0 Å². The molecule has 108 valence electrons. The molecular formula is C15H14N2OS3. The standard InChI is InChI=1S/C15H14N2OS3/c1-10-13(21-15(17-10)12-5-3-9-20-12)14(18)16-7-6-11-4-2-8-19-11/h2-5,8-9H,6-7H2,1H3,(H,16,18). The van der Waals surface area contributed by atoms with Crippen LogP contribution in [0.1, 0.15) is 20.2 Å². The predicted octanol–water partition coefficient (Wildman–Crippen LogP) is 4.21. The summed E-state index contributed by atoms with van der Waals surface area (Å²) in [6.07, 6.45) is 0.874. The van der Waals surface area contributed by atoms with Crippen LogP contribution in [-0.2, 0) is 6.42 Å². The van der Waals surface area contributed by atoms with E-state index in [1.807, 2.05) is 30.5 Å². The summed E-state index contributed by atoms with van der Waals surface area (Å²) >= 11 is 4.82. The lowest BCUT2D eigenvalue weighted by molar-refractivity contribution is 0.0957. The Morgan fingerprint density at radius 1 is 1.24 bits per heavy atom. The third-order valence-electron chi connectivity index (χ3n) is 2.97. The third-order valence-corrected chi connectivity index (χ3v) is 6.10. The number of carbonyl (C=O) groups is 1. The van der Waals surface area contributed by atoms with Crippen LogP contribution in [0.2, 0.25) is 0 Å². The topological polar surface area (TPSA) is 42.0 Å². The van der Waals surface area contributed by atoms with Gasteiger partial charge in [-0.1, -0.05) is 12.1 Å². The normalized spacial score (nSPS) is 10.7. The number of aryl methyl sites for hydroxylation is 1. The van der Waals surface area contributed by atoms with Crippen LogP contribution in [0.4, 0.5) is 0 Å². The number of rotatable bonds is 5. The number of carbonyl (C=O) groups excluding carboxylic acids is 1. The molecule has 21 heavy (non-hydrogen) atoms. The maximum atomic E-state index is 12.2. The lowest BCUT2D eigenvalue weighted by Gasteiger charge is -2.02. The Morgan fingerprint density at radius 2 is 2.05 bits per heavy atom. The summed E-state index contributed by atoms with van der Waals surface area (Å²) in [5.41, 5.74) is 0.803. The molecule has 0 saturated carbocycles. The molecule has 3 rings (SSSR count). The zero-order chi connectivity index (χ0) is 14.7. The van der Waals surface area contributed by atoms with Gasteiger partial charge in [0.1, 0.15) is 9.88 Å². The van der Waals surface area contributed by atoms with Crippen LogP contribution < -0.4 is 5.32 Å². The molecule has 3 heterocycles. The summed E-state index contributed by atoms with van der Waals surface area (Å²) < 4.78 is 0. The van der Waals surface area contributed by atoms with Gasteiger partial charge in [-0.3, -0.25) is 4.79 Å². The zero-order valence-electron chi connectivity index (χ0n) is 11.5. The Balaban J connectivity index is 1.64. The molecule has 0 atom stereocenters. The van der Waals surface area contributed by atoms with Crippen molar-refractivity contribution >= 4 is 39.9 Å². The second-order valence-electron chi connectivity index (χ2n) is 4.50. The molecule has 3 nitrogen and oxygen atoms in total. The molecular weight excluding hydrogens is 320 g/mol. The van der Waals surface area contributed by atoms with Gasteiger partial charge in [0.25, 0.3) is 5.91 Å². The summed E-state index contributed by atoms with van der Waals surface area (Å²) in [7, 11) is 0. The highest BCUT2D eigenvalue weighted by Gasteiger charge is 2.16. The van der Waals surface area contributed by atoms with Crippen LogP contribution in [0.25, 0.3) is 9.88 Å². The molecule has 0 aromatic carbocycles. The van der Waals surface area contributed by atoms with Gasteiger partial charge in [-0.15, -0.1) is 34.0 Å². The predicted molar refractivity (Wildman–Crippen MR) is 90.5 cm³/mol. The number of nitrogens with one attached hydrogen (secondary N) is 1. The highest BCUT2D eigenvalue weighted by atomic mass is 32.1. The van der Waals surface area contributed by atoms with Gasteiger partial charge >= 0.3 is 0 Å². The number of amides is 1. The monoisotopic (exact) mass is 334 g/mol. The quantitative estimate of drug-likeness (QED) is 0.759. The zero-order valence-corrected chi connectivity index (χ0v) is 13.9. The van der Waals surface area contributed by atoms with Crippen molar-refractivity contribution in [3.8, 4) is 9.88 Å². The molecule has 0 aliphatic heterocycles. The molecule has 0 aliphatic rings. The van der Waals surface area contributed by atoms with Crippen LogP contribution in [0, 0.1) is 6.92 Å². The van der Waals surface area contributed by atoms with Crippen molar-refractivity contribution in [3.63, 3.8) is 0 Å². The van der Waals surface area contributed by atoms with E-state index in [9.17, 15) is 4.79 Å². The van der Waals surface area contributed by atoms with Crippen molar-refractivity contribution in [2.24, 2.45) is 0 Å². The molecule has 0 saturated heterocycles. The Labute approximate surface area is 135 Å². The Hall–Kier alpha value is -1.50. The second kappa shape index (κ2) is 6.51. The smallest absolute Gasteiger partial charge is 0.263 e. The van der Waals surface area contributed by atoms with Crippen molar-refractivity contribution in [2.75, 3.05) is 6.54 Å². The number of hydrogen-bond donors (Lipinski definition) is 1. The molecule has 6 heteroatoms. The maximum Gasteiger partial charge on any atom is 0.263 e. The molecule has 0 spiro atoms. The molecule has 0 bridgehead atoms. The fourth-order valence-corrected chi connectivity index (χ4v) is 4.44. The van der Waals surface area contributed by atoms with Gasteiger partial charge in [-0.05, 0) is 36.2 Å². The first-order valence-corrected chi connectivity index (χ1v) is 9.13. The lowest BCUT2D eigenvalue weighted by atomic mass is 10.3. The van der Waals surface area contributed by atoms with Gasteiger partial charge in [-0.25, -0.2) is 4.98 Å². The lowest BCUT2D eigenvalue weighted by Crippen LogP contribution is -2.25. The summed E-state index contributed by atoms with van der Waals surface area (Å²) in [5.74, 6) is -0.0237. The number of aromatic nitrogens is 1. The van der Waals surface area contributed by atoms with Crippen LogP contribution >= 0.6 is 34.0 Å². The van der Waals surface area contributed by atoms with Crippen molar-refractivity contribution in [3.05, 3.63) is 50.5 Å². The van der Waals surface area contributed by atoms with Gasteiger partial charge in [0.15, 0.2) is 0 Å². The number of nitrogens with zero attached hydrogens (tertiary/aromatic N) is 1. The second-order valence-corrected chi connectivity index (χ2v) is 7.48. The van der Waals surface area contributed by atoms with Crippen LogP contribution in [0.5, 0.6) is 0 Å². The van der Waals surface area contributed by atoms with E-state index in [1.165, 1.54) is 16.2 Å².